The number of benzene rings is 1. The predicted octanol–water partition coefficient (Wildman–Crippen LogP) is 2.20. The van der Waals surface area contributed by atoms with E-state index in [0.29, 0.717) is 18.4 Å². The second-order valence-corrected chi connectivity index (χ2v) is 6.70. The van der Waals surface area contributed by atoms with Gasteiger partial charge in [-0.15, -0.1) is 0 Å². The van der Waals surface area contributed by atoms with Crippen LogP contribution in [0.25, 0.3) is 0 Å². The molecule has 18 heavy (non-hydrogen) atoms. The van der Waals surface area contributed by atoms with Gasteiger partial charge in [0.2, 0.25) is 10.0 Å². The van der Waals surface area contributed by atoms with Crippen LogP contribution in [0, 0.1) is 6.92 Å². The lowest BCUT2D eigenvalue weighted by Gasteiger charge is -2.11. The summed E-state index contributed by atoms with van der Waals surface area (Å²) in [5, 5.41) is 9.38. The van der Waals surface area contributed by atoms with E-state index in [9.17, 15) is 13.5 Å². The summed E-state index contributed by atoms with van der Waals surface area (Å²) in [6.45, 7) is 3.85. The maximum atomic E-state index is 12.1. The molecular weight excluding hydrogens is 318 g/mol. The second kappa shape index (κ2) is 6.65. The minimum atomic E-state index is -3.51. The Balaban J connectivity index is 2.78. The molecule has 0 bridgehead atoms. The molecule has 1 aromatic carbocycles. The van der Waals surface area contributed by atoms with Crippen molar-refractivity contribution in [2.75, 3.05) is 6.54 Å². The van der Waals surface area contributed by atoms with Gasteiger partial charge < -0.3 is 5.11 Å². The Bertz CT molecular complexity index is 502. The van der Waals surface area contributed by atoms with E-state index in [1.54, 1.807) is 25.1 Å². The summed E-state index contributed by atoms with van der Waals surface area (Å²) < 4.78 is 27.4. The lowest BCUT2D eigenvalue weighted by atomic mass is 10.2. The van der Waals surface area contributed by atoms with Crippen molar-refractivity contribution in [1.29, 1.82) is 0 Å². The molecule has 1 aromatic rings. The SMILES string of the molecule is CCC(O)CCNS(=O)(=O)c1cccc(Br)c1C. The van der Waals surface area contributed by atoms with Crippen molar-refractivity contribution < 1.29 is 13.5 Å². The molecule has 0 fully saturated rings. The first-order chi connectivity index (χ1) is 8.38. The summed E-state index contributed by atoms with van der Waals surface area (Å²) in [5.41, 5.74) is 0.682. The first kappa shape index (κ1) is 15.6. The number of aliphatic hydroxyl groups is 1. The van der Waals surface area contributed by atoms with E-state index in [0.717, 1.165) is 4.47 Å². The lowest BCUT2D eigenvalue weighted by molar-refractivity contribution is 0.162. The highest BCUT2D eigenvalue weighted by atomic mass is 79.9. The summed E-state index contributed by atoms with van der Waals surface area (Å²) in [6, 6.07) is 5.06. The average Bonchev–Trinajstić information content (AvgIpc) is 2.32. The summed E-state index contributed by atoms with van der Waals surface area (Å²) in [5.74, 6) is 0. The van der Waals surface area contributed by atoms with E-state index < -0.39 is 16.1 Å². The second-order valence-electron chi connectivity index (χ2n) is 4.11. The topological polar surface area (TPSA) is 66.4 Å². The molecule has 102 valence electrons. The molecule has 0 heterocycles. The highest BCUT2D eigenvalue weighted by Crippen LogP contribution is 2.22. The van der Waals surface area contributed by atoms with Gasteiger partial charge in [0.1, 0.15) is 0 Å². The third-order valence-electron chi connectivity index (χ3n) is 2.75. The smallest absolute Gasteiger partial charge is 0.240 e. The largest absolute Gasteiger partial charge is 0.393 e. The Morgan fingerprint density at radius 3 is 2.72 bits per heavy atom. The number of nitrogens with one attached hydrogen (secondary N) is 1. The van der Waals surface area contributed by atoms with Crippen LogP contribution in [0.2, 0.25) is 0 Å². The number of hydrogen-bond donors (Lipinski definition) is 2. The van der Waals surface area contributed by atoms with Crippen molar-refractivity contribution in [3.63, 3.8) is 0 Å². The maximum absolute atomic E-state index is 12.1. The van der Waals surface area contributed by atoms with Crippen LogP contribution in [0.1, 0.15) is 25.3 Å². The van der Waals surface area contributed by atoms with Crippen molar-refractivity contribution in [2.24, 2.45) is 0 Å². The molecule has 0 aromatic heterocycles. The van der Waals surface area contributed by atoms with Gasteiger partial charge in [-0.1, -0.05) is 28.9 Å². The highest BCUT2D eigenvalue weighted by molar-refractivity contribution is 9.10. The zero-order valence-corrected chi connectivity index (χ0v) is 12.9. The Hall–Kier alpha value is -0.430. The molecule has 0 radical (unpaired) electrons. The zero-order chi connectivity index (χ0) is 13.8. The van der Waals surface area contributed by atoms with Gasteiger partial charge in [0, 0.05) is 11.0 Å². The van der Waals surface area contributed by atoms with Gasteiger partial charge in [-0.2, -0.15) is 0 Å². The molecule has 0 spiro atoms. The Kier molecular flexibility index (Phi) is 5.78. The predicted molar refractivity (Wildman–Crippen MR) is 75.0 cm³/mol. The summed E-state index contributed by atoms with van der Waals surface area (Å²) in [6.07, 6.45) is 0.580. The standard InChI is InChI=1S/C12H18BrNO3S/c1-3-10(15)7-8-14-18(16,17)12-6-4-5-11(13)9(12)2/h4-6,10,14-15H,3,7-8H2,1-2H3. The Morgan fingerprint density at radius 2 is 2.11 bits per heavy atom. The van der Waals surface area contributed by atoms with E-state index in [-0.39, 0.29) is 11.4 Å². The van der Waals surface area contributed by atoms with Crippen molar-refractivity contribution in [3.05, 3.63) is 28.2 Å². The Morgan fingerprint density at radius 1 is 1.44 bits per heavy atom. The number of halogens is 1. The molecule has 4 nitrogen and oxygen atoms in total. The van der Waals surface area contributed by atoms with Gasteiger partial charge >= 0.3 is 0 Å². The molecule has 0 saturated carbocycles. The lowest BCUT2D eigenvalue weighted by Crippen LogP contribution is -2.27. The maximum Gasteiger partial charge on any atom is 0.240 e. The van der Waals surface area contributed by atoms with Gasteiger partial charge in [0.05, 0.1) is 11.0 Å². The molecule has 2 N–H and O–H groups in total. The third kappa shape index (κ3) is 4.05. The quantitative estimate of drug-likeness (QED) is 0.837. The van der Waals surface area contributed by atoms with Crippen molar-refractivity contribution in [3.8, 4) is 0 Å². The van der Waals surface area contributed by atoms with Gasteiger partial charge in [0.15, 0.2) is 0 Å². The first-order valence-electron chi connectivity index (χ1n) is 5.81. The molecule has 0 saturated heterocycles. The molecule has 0 aliphatic carbocycles. The Labute approximate surface area is 117 Å². The molecule has 1 rings (SSSR count). The van der Waals surface area contributed by atoms with Gasteiger partial charge in [0.25, 0.3) is 0 Å². The van der Waals surface area contributed by atoms with Crippen molar-refractivity contribution >= 4 is 26.0 Å². The van der Waals surface area contributed by atoms with Crippen molar-refractivity contribution in [2.45, 2.75) is 37.7 Å². The normalized spacial score (nSPS) is 13.6. The van der Waals surface area contributed by atoms with Crippen LogP contribution in [0.3, 0.4) is 0 Å². The molecule has 1 unspecified atom stereocenters. The first-order valence-corrected chi connectivity index (χ1v) is 8.09. The van der Waals surface area contributed by atoms with E-state index >= 15 is 0 Å². The molecular formula is C12H18BrNO3S. The molecule has 0 aliphatic heterocycles. The van der Waals surface area contributed by atoms with Crippen molar-refractivity contribution in [1.82, 2.24) is 4.72 Å². The minimum absolute atomic E-state index is 0.239. The number of hydrogen-bond acceptors (Lipinski definition) is 3. The van der Waals surface area contributed by atoms with Crippen LogP contribution in [-0.4, -0.2) is 26.2 Å². The minimum Gasteiger partial charge on any atom is -0.393 e. The summed E-state index contributed by atoms with van der Waals surface area (Å²) >= 11 is 3.31. The summed E-state index contributed by atoms with van der Waals surface area (Å²) in [7, 11) is -3.51. The average molecular weight is 336 g/mol. The fourth-order valence-corrected chi connectivity index (χ4v) is 3.33. The number of rotatable bonds is 6. The van der Waals surface area contributed by atoms with Crippen LogP contribution in [0.4, 0.5) is 0 Å². The third-order valence-corrected chi connectivity index (χ3v) is 5.21. The molecule has 0 amide bonds. The number of sulfonamides is 1. The van der Waals surface area contributed by atoms with E-state index in [4.69, 9.17) is 0 Å². The fraction of sp³-hybridized carbons (Fsp3) is 0.500. The molecule has 6 heteroatoms. The van der Waals surface area contributed by atoms with Crippen LogP contribution < -0.4 is 4.72 Å². The molecule has 0 aliphatic rings. The van der Waals surface area contributed by atoms with E-state index in [2.05, 4.69) is 20.7 Å². The van der Waals surface area contributed by atoms with Crippen LogP contribution in [-0.2, 0) is 10.0 Å². The van der Waals surface area contributed by atoms with Gasteiger partial charge in [-0.3, -0.25) is 0 Å². The van der Waals surface area contributed by atoms with Crippen LogP contribution >= 0.6 is 15.9 Å². The van der Waals surface area contributed by atoms with E-state index in [1.807, 2.05) is 6.92 Å². The highest BCUT2D eigenvalue weighted by Gasteiger charge is 2.17. The summed E-state index contributed by atoms with van der Waals surface area (Å²) in [4.78, 5) is 0.267. The van der Waals surface area contributed by atoms with Crippen LogP contribution in [0.5, 0.6) is 0 Å². The number of aliphatic hydroxyl groups excluding tert-OH is 1. The van der Waals surface area contributed by atoms with Crippen LogP contribution in [0.15, 0.2) is 27.6 Å². The monoisotopic (exact) mass is 335 g/mol. The zero-order valence-electron chi connectivity index (χ0n) is 10.5. The van der Waals surface area contributed by atoms with Gasteiger partial charge in [-0.25, -0.2) is 13.1 Å². The fourth-order valence-electron chi connectivity index (χ4n) is 1.52. The van der Waals surface area contributed by atoms with Gasteiger partial charge in [-0.05, 0) is 37.5 Å². The molecule has 1 atom stereocenters. The van der Waals surface area contributed by atoms with E-state index in [1.165, 1.54) is 0 Å².